The molecule has 1 saturated heterocycles. The number of morpholine rings is 1. The number of amides is 1. The van der Waals surface area contributed by atoms with E-state index in [-0.39, 0.29) is 24.7 Å². The van der Waals surface area contributed by atoms with Crippen molar-refractivity contribution in [1.82, 2.24) is 4.90 Å². The van der Waals surface area contributed by atoms with Crippen LogP contribution in [0, 0.1) is 0 Å². The van der Waals surface area contributed by atoms with E-state index in [0.29, 0.717) is 19.7 Å². The highest BCUT2D eigenvalue weighted by Crippen LogP contribution is 2.10. The molecule has 0 bridgehead atoms. The molecular weight excluding hydrogens is 194 g/mol. The van der Waals surface area contributed by atoms with Gasteiger partial charge in [0.25, 0.3) is 0 Å². The zero-order valence-corrected chi connectivity index (χ0v) is 9.86. The third-order valence-electron chi connectivity index (χ3n) is 2.35. The standard InChI is InChI=1S/C11H21NO3/c1-4-5-14-8-11(13)12-6-9(2)15-10(3)7-12/h9-10H,4-8H2,1-3H3/t9-,10+. The minimum absolute atomic E-state index is 0.0745. The first-order valence-electron chi connectivity index (χ1n) is 5.64. The molecule has 0 aromatic heterocycles. The Morgan fingerprint density at radius 2 is 2.00 bits per heavy atom. The molecule has 0 radical (unpaired) electrons. The molecule has 15 heavy (non-hydrogen) atoms. The van der Waals surface area contributed by atoms with Crippen LogP contribution in [0.15, 0.2) is 0 Å². The van der Waals surface area contributed by atoms with Gasteiger partial charge in [0, 0.05) is 19.7 Å². The average molecular weight is 215 g/mol. The van der Waals surface area contributed by atoms with Gasteiger partial charge >= 0.3 is 0 Å². The highest BCUT2D eigenvalue weighted by Gasteiger charge is 2.25. The van der Waals surface area contributed by atoms with E-state index in [9.17, 15) is 4.79 Å². The predicted molar refractivity (Wildman–Crippen MR) is 57.7 cm³/mol. The Kier molecular flexibility index (Phi) is 5.05. The molecule has 1 rings (SSSR count). The molecule has 1 heterocycles. The zero-order chi connectivity index (χ0) is 11.3. The van der Waals surface area contributed by atoms with Crippen molar-refractivity contribution >= 4 is 5.91 Å². The van der Waals surface area contributed by atoms with Gasteiger partial charge in [-0.1, -0.05) is 6.92 Å². The first-order valence-corrected chi connectivity index (χ1v) is 5.64. The summed E-state index contributed by atoms with van der Waals surface area (Å²) < 4.78 is 10.8. The van der Waals surface area contributed by atoms with Crippen molar-refractivity contribution in [2.24, 2.45) is 0 Å². The maximum Gasteiger partial charge on any atom is 0.248 e. The van der Waals surface area contributed by atoms with Crippen LogP contribution in [0.5, 0.6) is 0 Å². The van der Waals surface area contributed by atoms with Crippen molar-refractivity contribution in [2.45, 2.75) is 39.4 Å². The van der Waals surface area contributed by atoms with Gasteiger partial charge in [-0.15, -0.1) is 0 Å². The highest BCUT2D eigenvalue weighted by molar-refractivity contribution is 5.77. The smallest absolute Gasteiger partial charge is 0.248 e. The number of nitrogens with zero attached hydrogens (tertiary/aromatic N) is 1. The molecule has 0 saturated carbocycles. The molecule has 1 amide bonds. The van der Waals surface area contributed by atoms with Gasteiger partial charge in [-0.25, -0.2) is 0 Å². The third kappa shape index (κ3) is 4.18. The molecule has 0 aromatic carbocycles. The van der Waals surface area contributed by atoms with Crippen LogP contribution in [0.2, 0.25) is 0 Å². The second-order valence-electron chi connectivity index (χ2n) is 4.11. The first-order chi connectivity index (χ1) is 7.13. The summed E-state index contributed by atoms with van der Waals surface area (Å²) in [4.78, 5) is 13.5. The molecular formula is C11H21NO3. The van der Waals surface area contributed by atoms with Crippen molar-refractivity contribution in [3.8, 4) is 0 Å². The summed E-state index contributed by atoms with van der Waals surface area (Å²) >= 11 is 0. The lowest BCUT2D eigenvalue weighted by Crippen LogP contribution is -2.49. The largest absolute Gasteiger partial charge is 0.372 e. The number of rotatable bonds is 4. The van der Waals surface area contributed by atoms with Gasteiger partial charge in [0.2, 0.25) is 5.91 Å². The fourth-order valence-electron chi connectivity index (χ4n) is 1.78. The molecule has 1 fully saturated rings. The van der Waals surface area contributed by atoms with Crippen LogP contribution >= 0.6 is 0 Å². The molecule has 1 aliphatic rings. The van der Waals surface area contributed by atoms with Crippen LogP contribution in [0.4, 0.5) is 0 Å². The van der Waals surface area contributed by atoms with Crippen LogP contribution < -0.4 is 0 Å². The summed E-state index contributed by atoms with van der Waals surface area (Å²) in [5, 5.41) is 0. The fraction of sp³-hybridized carbons (Fsp3) is 0.909. The Morgan fingerprint density at radius 3 is 2.53 bits per heavy atom. The SMILES string of the molecule is CCCOCC(=O)N1C[C@@H](C)O[C@@H](C)C1. The van der Waals surface area contributed by atoms with Crippen LogP contribution in [-0.2, 0) is 14.3 Å². The molecule has 0 aromatic rings. The normalized spacial score (nSPS) is 26.7. The van der Waals surface area contributed by atoms with Gasteiger partial charge in [-0.2, -0.15) is 0 Å². The van der Waals surface area contributed by atoms with E-state index >= 15 is 0 Å². The molecule has 4 nitrogen and oxygen atoms in total. The number of hydrogen-bond acceptors (Lipinski definition) is 3. The topological polar surface area (TPSA) is 38.8 Å². The van der Waals surface area contributed by atoms with Crippen LogP contribution in [-0.4, -0.2) is 49.3 Å². The maximum absolute atomic E-state index is 11.7. The van der Waals surface area contributed by atoms with Crippen molar-refractivity contribution < 1.29 is 14.3 Å². The molecule has 0 N–H and O–H groups in total. The van der Waals surface area contributed by atoms with Gasteiger partial charge in [0.1, 0.15) is 6.61 Å². The van der Waals surface area contributed by atoms with Crippen LogP contribution in [0.1, 0.15) is 27.2 Å². The van der Waals surface area contributed by atoms with E-state index in [2.05, 4.69) is 0 Å². The number of ether oxygens (including phenoxy) is 2. The van der Waals surface area contributed by atoms with Crippen LogP contribution in [0.25, 0.3) is 0 Å². The Balaban J connectivity index is 2.31. The van der Waals surface area contributed by atoms with Crippen molar-refractivity contribution in [3.63, 3.8) is 0 Å². The van der Waals surface area contributed by atoms with E-state index in [0.717, 1.165) is 6.42 Å². The van der Waals surface area contributed by atoms with Gasteiger partial charge in [0.15, 0.2) is 0 Å². The third-order valence-corrected chi connectivity index (χ3v) is 2.35. The second kappa shape index (κ2) is 6.08. The summed E-state index contributed by atoms with van der Waals surface area (Å²) in [7, 11) is 0. The predicted octanol–water partition coefficient (Wildman–Crippen LogP) is 1.05. The highest BCUT2D eigenvalue weighted by atomic mass is 16.5. The van der Waals surface area contributed by atoms with E-state index in [1.165, 1.54) is 0 Å². The average Bonchev–Trinajstić information content (AvgIpc) is 2.16. The summed E-state index contributed by atoms with van der Waals surface area (Å²) in [6.45, 7) is 8.22. The second-order valence-corrected chi connectivity index (χ2v) is 4.11. The van der Waals surface area contributed by atoms with Crippen molar-refractivity contribution in [3.05, 3.63) is 0 Å². The molecule has 2 atom stereocenters. The van der Waals surface area contributed by atoms with E-state index in [4.69, 9.17) is 9.47 Å². The number of hydrogen-bond donors (Lipinski definition) is 0. The lowest BCUT2D eigenvalue weighted by molar-refractivity contribution is -0.147. The lowest BCUT2D eigenvalue weighted by atomic mass is 10.2. The van der Waals surface area contributed by atoms with Gasteiger partial charge in [-0.05, 0) is 20.3 Å². The molecule has 4 heteroatoms. The van der Waals surface area contributed by atoms with Crippen molar-refractivity contribution in [2.75, 3.05) is 26.3 Å². The van der Waals surface area contributed by atoms with Crippen molar-refractivity contribution in [1.29, 1.82) is 0 Å². The minimum atomic E-state index is 0.0745. The monoisotopic (exact) mass is 215 g/mol. The fourth-order valence-corrected chi connectivity index (χ4v) is 1.78. The van der Waals surface area contributed by atoms with E-state index < -0.39 is 0 Å². The molecule has 0 unspecified atom stereocenters. The Bertz CT molecular complexity index is 198. The molecule has 0 aliphatic carbocycles. The molecule has 88 valence electrons. The molecule has 1 aliphatic heterocycles. The quantitative estimate of drug-likeness (QED) is 0.658. The lowest BCUT2D eigenvalue weighted by Gasteiger charge is -2.35. The summed E-state index contributed by atoms with van der Waals surface area (Å²) in [6.07, 6.45) is 1.20. The van der Waals surface area contributed by atoms with E-state index in [1.807, 2.05) is 25.7 Å². The van der Waals surface area contributed by atoms with Gasteiger partial charge in [0.05, 0.1) is 12.2 Å². The summed E-state index contributed by atoms with van der Waals surface area (Å²) in [5.41, 5.74) is 0. The van der Waals surface area contributed by atoms with Crippen LogP contribution in [0.3, 0.4) is 0 Å². The number of carbonyl (C=O) groups excluding carboxylic acids is 1. The number of carbonyl (C=O) groups is 1. The Morgan fingerprint density at radius 1 is 1.40 bits per heavy atom. The maximum atomic E-state index is 11.7. The zero-order valence-electron chi connectivity index (χ0n) is 9.86. The Hall–Kier alpha value is -0.610. The Labute approximate surface area is 91.5 Å². The van der Waals surface area contributed by atoms with Gasteiger partial charge in [-0.3, -0.25) is 4.79 Å². The first kappa shape index (κ1) is 12.5. The summed E-state index contributed by atoms with van der Waals surface area (Å²) in [5.74, 6) is 0.0745. The summed E-state index contributed by atoms with van der Waals surface area (Å²) in [6, 6.07) is 0. The van der Waals surface area contributed by atoms with Gasteiger partial charge < -0.3 is 14.4 Å². The van der Waals surface area contributed by atoms with E-state index in [1.54, 1.807) is 0 Å². The molecule has 0 spiro atoms. The minimum Gasteiger partial charge on any atom is -0.372 e.